The standard InChI is InChI=1S/C19H16N4O5/c1-27-11-4-5-13-12(8-11)16-17(21-13)18(25)23(19(26)22-16)20-9-10-3-6-15(28-2)14(24)7-10/h3-9,21,24H,1-2H3,(H,22,26)/b20-9+. The van der Waals surface area contributed by atoms with E-state index in [2.05, 4.69) is 15.1 Å². The highest BCUT2D eigenvalue weighted by Gasteiger charge is 2.13. The molecule has 0 bridgehead atoms. The molecule has 0 aliphatic carbocycles. The normalized spacial score (nSPS) is 11.5. The van der Waals surface area contributed by atoms with Gasteiger partial charge in [-0.3, -0.25) is 4.79 Å². The van der Waals surface area contributed by atoms with Crippen LogP contribution in [-0.4, -0.2) is 40.2 Å². The van der Waals surface area contributed by atoms with Crippen molar-refractivity contribution in [2.45, 2.75) is 0 Å². The van der Waals surface area contributed by atoms with Crippen LogP contribution in [0.3, 0.4) is 0 Å². The number of aromatic amines is 2. The fourth-order valence-electron chi connectivity index (χ4n) is 2.96. The lowest BCUT2D eigenvalue weighted by atomic mass is 10.2. The molecule has 0 amide bonds. The van der Waals surface area contributed by atoms with Crippen molar-refractivity contribution in [3.05, 3.63) is 62.8 Å². The molecule has 4 aromatic rings. The minimum atomic E-state index is -0.685. The summed E-state index contributed by atoms with van der Waals surface area (Å²) in [6.45, 7) is 0. The predicted molar refractivity (Wildman–Crippen MR) is 105 cm³/mol. The van der Waals surface area contributed by atoms with E-state index in [4.69, 9.17) is 9.47 Å². The molecule has 3 N–H and O–H groups in total. The number of fused-ring (bicyclic) bond motifs is 3. The summed E-state index contributed by atoms with van der Waals surface area (Å²) in [5, 5.41) is 14.5. The van der Waals surface area contributed by atoms with Gasteiger partial charge in [-0.15, -0.1) is 4.68 Å². The number of benzene rings is 2. The number of nitrogens with one attached hydrogen (secondary N) is 2. The highest BCUT2D eigenvalue weighted by Crippen LogP contribution is 2.26. The van der Waals surface area contributed by atoms with Gasteiger partial charge in [-0.05, 0) is 42.0 Å². The van der Waals surface area contributed by atoms with Crippen molar-refractivity contribution >= 4 is 28.2 Å². The van der Waals surface area contributed by atoms with Gasteiger partial charge in [-0.2, -0.15) is 5.10 Å². The van der Waals surface area contributed by atoms with Gasteiger partial charge < -0.3 is 24.5 Å². The molecule has 28 heavy (non-hydrogen) atoms. The maximum atomic E-state index is 12.8. The average molecular weight is 380 g/mol. The largest absolute Gasteiger partial charge is 0.504 e. The molecule has 0 aliphatic rings. The molecule has 0 atom stereocenters. The van der Waals surface area contributed by atoms with Crippen molar-refractivity contribution in [1.29, 1.82) is 0 Å². The first-order valence-corrected chi connectivity index (χ1v) is 8.28. The monoisotopic (exact) mass is 380 g/mol. The maximum Gasteiger partial charge on any atom is 0.350 e. The average Bonchev–Trinajstić information content (AvgIpc) is 3.06. The van der Waals surface area contributed by atoms with Crippen LogP contribution in [0.5, 0.6) is 17.2 Å². The molecule has 9 nitrogen and oxygen atoms in total. The first-order chi connectivity index (χ1) is 13.5. The number of rotatable bonds is 4. The van der Waals surface area contributed by atoms with Crippen molar-refractivity contribution in [2.75, 3.05) is 14.2 Å². The number of H-pyrrole nitrogens is 2. The summed E-state index contributed by atoms with van der Waals surface area (Å²) >= 11 is 0. The van der Waals surface area contributed by atoms with E-state index in [1.807, 2.05) is 0 Å². The number of phenols is 1. The van der Waals surface area contributed by atoms with Gasteiger partial charge in [0.15, 0.2) is 11.5 Å². The lowest BCUT2D eigenvalue weighted by molar-refractivity contribution is 0.373. The molecule has 142 valence electrons. The number of phenolic OH excluding ortho intramolecular Hbond substituents is 1. The van der Waals surface area contributed by atoms with E-state index in [1.165, 1.54) is 26.5 Å². The van der Waals surface area contributed by atoms with Gasteiger partial charge >= 0.3 is 11.2 Å². The van der Waals surface area contributed by atoms with Crippen LogP contribution in [0, 0.1) is 0 Å². The molecule has 2 heterocycles. The lowest BCUT2D eigenvalue weighted by Crippen LogP contribution is -2.32. The van der Waals surface area contributed by atoms with Crippen molar-refractivity contribution in [2.24, 2.45) is 5.10 Å². The summed E-state index contributed by atoms with van der Waals surface area (Å²) in [5.74, 6) is 0.838. The Kier molecular flexibility index (Phi) is 4.11. The third-order valence-electron chi connectivity index (χ3n) is 4.36. The Hall–Kier alpha value is -4.01. The molecule has 2 aromatic carbocycles. The Labute approximate surface area is 157 Å². The second-order valence-corrected chi connectivity index (χ2v) is 6.01. The minimum absolute atomic E-state index is 0.0762. The number of hydrogen-bond acceptors (Lipinski definition) is 6. The van der Waals surface area contributed by atoms with Crippen molar-refractivity contribution in [3.8, 4) is 17.2 Å². The first-order valence-electron chi connectivity index (χ1n) is 8.28. The fraction of sp³-hybridized carbons (Fsp3) is 0.105. The molecule has 4 rings (SSSR count). The zero-order chi connectivity index (χ0) is 19.8. The lowest BCUT2D eigenvalue weighted by Gasteiger charge is -2.03. The van der Waals surface area contributed by atoms with Gasteiger partial charge in [0.25, 0.3) is 0 Å². The third-order valence-corrected chi connectivity index (χ3v) is 4.36. The fourth-order valence-corrected chi connectivity index (χ4v) is 2.96. The molecule has 0 spiro atoms. The Morgan fingerprint density at radius 2 is 1.86 bits per heavy atom. The molecule has 9 heteroatoms. The minimum Gasteiger partial charge on any atom is -0.504 e. The van der Waals surface area contributed by atoms with E-state index >= 15 is 0 Å². The van der Waals surface area contributed by atoms with Gasteiger partial charge in [-0.25, -0.2) is 4.79 Å². The van der Waals surface area contributed by atoms with Crippen LogP contribution in [0.1, 0.15) is 5.56 Å². The van der Waals surface area contributed by atoms with Crippen LogP contribution in [0.25, 0.3) is 21.9 Å². The Morgan fingerprint density at radius 1 is 1.04 bits per heavy atom. The van der Waals surface area contributed by atoms with E-state index < -0.39 is 11.2 Å². The number of nitrogens with zero attached hydrogens (tertiary/aromatic N) is 2. The van der Waals surface area contributed by atoms with Crippen molar-refractivity contribution in [3.63, 3.8) is 0 Å². The van der Waals surface area contributed by atoms with Crippen LogP contribution in [0.15, 0.2) is 51.1 Å². The highest BCUT2D eigenvalue weighted by molar-refractivity contribution is 6.04. The Balaban J connectivity index is 1.84. The summed E-state index contributed by atoms with van der Waals surface area (Å²) in [7, 11) is 2.98. The first kappa shape index (κ1) is 17.4. The van der Waals surface area contributed by atoms with Crippen LogP contribution in [-0.2, 0) is 0 Å². The van der Waals surface area contributed by atoms with Crippen LogP contribution < -0.4 is 20.7 Å². The Morgan fingerprint density at radius 3 is 2.57 bits per heavy atom. The van der Waals surface area contributed by atoms with E-state index in [-0.39, 0.29) is 11.3 Å². The molecular formula is C19H16N4O5. The third kappa shape index (κ3) is 2.78. The highest BCUT2D eigenvalue weighted by atomic mass is 16.5. The molecule has 0 saturated carbocycles. The van der Waals surface area contributed by atoms with Gasteiger partial charge in [0.05, 0.1) is 26.0 Å². The second-order valence-electron chi connectivity index (χ2n) is 6.01. The molecule has 2 aromatic heterocycles. The van der Waals surface area contributed by atoms with Crippen LogP contribution >= 0.6 is 0 Å². The number of ether oxygens (including phenoxy) is 2. The molecule has 0 saturated heterocycles. The van der Waals surface area contributed by atoms with Crippen LogP contribution in [0.4, 0.5) is 0 Å². The van der Waals surface area contributed by atoms with E-state index in [0.29, 0.717) is 33.5 Å². The van der Waals surface area contributed by atoms with E-state index in [0.717, 1.165) is 4.68 Å². The van der Waals surface area contributed by atoms with Gasteiger partial charge in [0, 0.05) is 10.9 Å². The molecule has 0 fully saturated rings. The number of methoxy groups -OCH3 is 2. The zero-order valence-electron chi connectivity index (χ0n) is 15.0. The van der Waals surface area contributed by atoms with Gasteiger partial charge in [-0.1, -0.05) is 0 Å². The van der Waals surface area contributed by atoms with Gasteiger partial charge in [0.2, 0.25) is 0 Å². The summed E-state index contributed by atoms with van der Waals surface area (Å²) in [5.41, 5.74) is 0.504. The Bertz CT molecular complexity index is 1350. The van der Waals surface area contributed by atoms with Crippen molar-refractivity contribution in [1.82, 2.24) is 14.6 Å². The molecule has 0 radical (unpaired) electrons. The smallest absolute Gasteiger partial charge is 0.350 e. The molecule has 0 aliphatic heterocycles. The topological polar surface area (TPSA) is 122 Å². The van der Waals surface area contributed by atoms with E-state index in [1.54, 1.807) is 30.3 Å². The van der Waals surface area contributed by atoms with Crippen molar-refractivity contribution < 1.29 is 14.6 Å². The maximum absolute atomic E-state index is 12.8. The van der Waals surface area contributed by atoms with Gasteiger partial charge in [0.1, 0.15) is 11.3 Å². The number of aromatic nitrogens is 3. The summed E-state index contributed by atoms with van der Waals surface area (Å²) in [6, 6.07) is 9.85. The summed E-state index contributed by atoms with van der Waals surface area (Å²) in [4.78, 5) is 30.9. The zero-order valence-corrected chi connectivity index (χ0v) is 15.0. The number of hydrogen-bond donors (Lipinski definition) is 3. The molecular weight excluding hydrogens is 364 g/mol. The summed E-state index contributed by atoms with van der Waals surface area (Å²) in [6.07, 6.45) is 1.30. The van der Waals surface area contributed by atoms with Crippen LogP contribution in [0.2, 0.25) is 0 Å². The number of aromatic hydroxyl groups is 1. The SMILES string of the molecule is COc1ccc2[nH]c3c(=O)n(/N=C/c4ccc(OC)c(O)c4)c(=O)[nH]c3c2c1. The van der Waals surface area contributed by atoms with E-state index in [9.17, 15) is 14.7 Å². The predicted octanol–water partition coefficient (Wildman–Crippen LogP) is 1.78. The quantitative estimate of drug-likeness (QED) is 0.466. The second kappa shape index (κ2) is 6.62. The summed E-state index contributed by atoms with van der Waals surface area (Å²) < 4.78 is 10.9. The molecule has 0 unspecified atom stereocenters.